The smallest absolute Gasteiger partial charge is 0.780 e. The van der Waals surface area contributed by atoms with Crippen LogP contribution in [0.2, 0.25) is 0 Å². The predicted molar refractivity (Wildman–Crippen MR) is 62.1 cm³/mol. The van der Waals surface area contributed by atoms with Crippen molar-refractivity contribution in [2.45, 2.75) is 0 Å². The number of phosphoric acid groups is 2. The molecule has 1 N–H and O–H groups in total. The SMILES string of the molecule is O=P([O-])([O-])Oc1cc(O)c(OP(=O)([O-])[O-])c2ccccc12.[Na+].[Na+].[Na+].[Na+]. The minimum absolute atomic E-state index is 0. The maximum Gasteiger partial charge on any atom is 1.00 e. The number of aromatic hydroxyl groups is 1. The summed E-state index contributed by atoms with van der Waals surface area (Å²) in [6.07, 6.45) is 0. The van der Waals surface area contributed by atoms with Crippen molar-refractivity contribution < 1.29 is 161 Å². The van der Waals surface area contributed by atoms with E-state index < -0.39 is 32.9 Å². The van der Waals surface area contributed by atoms with E-state index in [-0.39, 0.29) is 129 Å². The van der Waals surface area contributed by atoms with Gasteiger partial charge in [0.25, 0.3) is 0 Å². The van der Waals surface area contributed by atoms with E-state index in [0.29, 0.717) is 6.07 Å². The molecule has 0 atom stereocenters. The number of phenolic OH excluding ortho intramolecular Hbond substituents is 1. The fourth-order valence-corrected chi connectivity index (χ4v) is 2.51. The Bertz CT molecular complexity index is 791. The minimum atomic E-state index is -5.45. The van der Waals surface area contributed by atoms with Gasteiger partial charge in [-0.2, -0.15) is 0 Å². The molecule has 0 radical (unpaired) electrons. The third-order valence-corrected chi connectivity index (χ3v) is 3.18. The standard InChI is InChI=1S/C10H10O9P2.4Na/c11-8-5-9(18-20(12,13)14)6-3-1-2-4-7(6)10(8)19-21(15,16)17;;;;/h1-5,11H,(H2,12,13,14)(H2,15,16,17);;;;/q;4*+1/p-4. The van der Waals surface area contributed by atoms with Crippen LogP contribution in [0.1, 0.15) is 0 Å². The zero-order valence-corrected chi connectivity index (χ0v) is 23.8. The quantitative estimate of drug-likeness (QED) is 0.371. The van der Waals surface area contributed by atoms with Crippen molar-refractivity contribution in [3.63, 3.8) is 0 Å². The van der Waals surface area contributed by atoms with Gasteiger partial charge in [0, 0.05) is 16.8 Å². The van der Waals surface area contributed by atoms with Gasteiger partial charge >= 0.3 is 118 Å². The summed E-state index contributed by atoms with van der Waals surface area (Å²) in [5, 5.41) is 9.50. The van der Waals surface area contributed by atoms with Crippen LogP contribution >= 0.6 is 15.6 Å². The van der Waals surface area contributed by atoms with Crippen molar-refractivity contribution in [1.29, 1.82) is 0 Å². The Hall–Kier alpha value is 2.40. The molecule has 0 aliphatic heterocycles. The first-order chi connectivity index (χ1) is 9.57. The van der Waals surface area contributed by atoms with E-state index in [2.05, 4.69) is 9.05 Å². The fourth-order valence-electron chi connectivity index (χ4n) is 1.71. The summed E-state index contributed by atoms with van der Waals surface area (Å²) in [5.74, 6) is -2.07. The number of fused-ring (bicyclic) bond motifs is 1. The molecule has 0 saturated heterocycles. The van der Waals surface area contributed by atoms with Crippen LogP contribution in [-0.4, -0.2) is 5.11 Å². The van der Waals surface area contributed by atoms with Gasteiger partial charge in [0.1, 0.15) is 21.4 Å². The molecular formula is C10H6Na4O9P2. The van der Waals surface area contributed by atoms with Gasteiger partial charge in [-0.1, -0.05) is 24.3 Å². The van der Waals surface area contributed by atoms with Gasteiger partial charge in [0.15, 0.2) is 11.5 Å². The van der Waals surface area contributed by atoms with Crippen LogP contribution in [0.15, 0.2) is 30.3 Å². The van der Waals surface area contributed by atoms with Gasteiger partial charge < -0.3 is 42.9 Å². The van der Waals surface area contributed by atoms with Crippen LogP contribution in [0.4, 0.5) is 0 Å². The molecule has 0 spiro atoms. The number of phosphoric ester groups is 2. The van der Waals surface area contributed by atoms with Gasteiger partial charge in [-0.05, 0) is 0 Å². The molecule has 0 unspecified atom stereocenters. The summed E-state index contributed by atoms with van der Waals surface area (Å²) in [4.78, 5) is 42.7. The molecule has 9 nitrogen and oxygen atoms in total. The van der Waals surface area contributed by atoms with Crippen LogP contribution in [0.5, 0.6) is 17.2 Å². The topological polar surface area (TPSA) is 165 Å². The second kappa shape index (κ2) is 12.9. The summed E-state index contributed by atoms with van der Waals surface area (Å²) in [6.45, 7) is 0. The van der Waals surface area contributed by atoms with Crippen molar-refractivity contribution in [3.05, 3.63) is 30.3 Å². The second-order valence-corrected chi connectivity index (χ2v) is 6.00. The Morgan fingerprint density at radius 2 is 1.24 bits per heavy atom. The van der Waals surface area contributed by atoms with Gasteiger partial charge in [-0.3, -0.25) is 0 Å². The maximum atomic E-state index is 10.7. The van der Waals surface area contributed by atoms with Crippen molar-refractivity contribution in [1.82, 2.24) is 0 Å². The maximum absolute atomic E-state index is 10.7. The summed E-state index contributed by atoms with van der Waals surface area (Å²) < 4.78 is 29.7. The van der Waals surface area contributed by atoms with Gasteiger partial charge in [0.2, 0.25) is 0 Å². The molecule has 15 heteroatoms. The van der Waals surface area contributed by atoms with Crippen LogP contribution in [0, 0.1) is 0 Å². The third-order valence-electron chi connectivity index (χ3n) is 2.35. The van der Waals surface area contributed by atoms with Crippen LogP contribution in [-0.2, 0) is 9.13 Å². The molecule has 0 aliphatic rings. The van der Waals surface area contributed by atoms with E-state index >= 15 is 0 Å². The van der Waals surface area contributed by atoms with E-state index in [1.165, 1.54) is 24.3 Å². The van der Waals surface area contributed by atoms with E-state index in [0.717, 1.165) is 0 Å². The van der Waals surface area contributed by atoms with Crippen LogP contribution in [0.25, 0.3) is 10.8 Å². The Morgan fingerprint density at radius 3 is 1.68 bits per heavy atom. The number of benzene rings is 2. The zero-order chi connectivity index (χ0) is 15.8. The minimum Gasteiger partial charge on any atom is -0.780 e. The predicted octanol–water partition coefficient (Wildman–Crippen LogP) is -13.0. The van der Waals surface area contributed by atoms with Gasteiger partial charge in [-0.15, -0.1) is 0 Å². The summed E-state index contributed by atoms with van der Waals surface area (Å²) in [6, 6.07) is 6.04. The molecule has 25 heavy (non-hydrogen) atoms. The average Bonchev–Trinajstić information content (AvgIpc) is 2.31. The Morgan fingerprint density at radius 1 is 0.800 bits per heavy atom. The number of hydrogen-bond donors (Lipinski definition) is 1. The molecule has 0 bridgehead atoms. The fraction of sp³-hybridized carbons (Fsp3) is 0. The first kappa shape index (κ1) is 32.1. The number of rotatable bonds is 4. The first-order valence-electron chi connectivity index (χ1n) is 5.25. The van der Waals surface area contributed by atoms with Crippen molar-refractivity contribution in [2.75, 3.05) is 0 Å². The van der Waals surface area contributed by atoms with E-state index in [4.69, 9.17) is 0 Å². The Kier molecular flexibility index (Phi) is 16.5. The summed E-state index contributed by atoms with van der Waals surface area (Å²) >= 11 is 0. The van der Waals surface area contributed by atoms with Crippen LogP contribution < -0.4 is 147 Å². The monoisotopic (exact) mass is 424 g/mol. The van der Waals surface area contributed by atoms with E-state index in [9.17, 15) is 33.8 Å². The molecule has 0 aromatic heterocycles. The third kappa shape index (κ3) is 10.1. The normalized spacial score (nSPS) is 10.4. The largest absolute Gasteiger partial charge is 1.00 e. The first-order valence-corrected chi connectivity index (χ1v) is 8.17. The van der Waals surface area contributed by atoms with Crippen molar-refractivity contribution >= 4 is 26.4 Å². The van der Waals surface area contributed by atoms with Crippen molar-refractivity contribution in [3.8, 4) is 17.2 Å². The molecule has 2 rings (SSSR count). The molecule has 0 aliphatic carbocycles. The zero-order valence-electron chi connectivity index (χ0n) is 14.0. The Labute approximate surface area is 231 Å². The summed E-state index contributed by atoms with van der Waals surface area (Å²) in [7, 11) is -10.9. The van der Waals surface area contributed by atoms with Gasteiger partial charge in [0.05, 0.1) is 0 Å². The molecule has 114 valence electrons. The molecule has 2 aromatic rings. The molecule has 0 amide bonds. The Balaban J connectivity index is -0.00000121. The second-order valence-electron chi connectivity index (χ2n) is 3.85. The molecule has 0 heterocycles. The molecule has 0 fully saturated rings. The molecular weight excluding hydrogens is 418 g/mol. The van der Waals surface area contributed by atoms with Crippen LogP contribution in [0.3, 0.4) is 0 Å². The van der Waals surface area contributed by atoms with Crippen molar-refractivity contribution in [2.24, 2.45) is 0 Å². The van der Waals surface area contributed by atoms with Gasteiger partial charge in [-0.25, -0.2) is 0 Å². The average molecular weight is 424 g/mol. The number of hydrogen-bond acceptors (Lipinski definition) is 9. The van der Waals surface area contributed by atoms with E-state index in [1.807, 2.05) is 0 Å². The summed E-state index contributed by atoms with van der Waals surface area (Å²) in [5.41, 5.74) is 0. The molecule has 0 saturated carbocycles. The number of phenols is 1. The molecule has 2 aromatic carbocycles. The van der Waals surface area contributed by atoms with E-state index in [1.54, 1.807) is 0 Å².